The highest BCUT2D eigenvalue weighted by atomic mass is 16.4. The summed E-state index contributed by atoms with van der Waals surface area (Å²) >= 11 is 0. The van der Waals surface area contributed by atoms with Gasteiger partial charge in [0.05, 0.1) is 16.4 Å². The lowest BCUT2D eigenvalue weighted by Crippen LogP contribution is -2.35. The number of carbonyl (C=O) groups excluding carboxylic acids is 2. The van der Waals surface area contributed by atoms with E-state index in [4.69, 9.17) is 0 Å². The van der Waals surface area contributed by atoms with Gasteiger partial charge in [-0.15, -0.1) is 0 Å². The summed E-state index contributed by atoms with van der Waals surface area (Å²) in [5, 5.41) is 41.8. The van der Waals surface area contributed by atoms with Crippen LogP contribution in [0.2, 0.25) is 0 Å². The molecule has 0 radical (unpaired) electrons. The highest BCUT2D eigenvalue weighted by Crippen LogP contribution is 2.57. The zero-order valence-electron chi connectivity index (χ0n) is 58.0. The van der Waals surface area contributed by atoms with E-state index in [1.165, 1.54) is 125 Å². The van der Waals surface area contributed by atoms with Crippen molar-refractivity contribution in [2.45, 2.75) is 252 Å². The van der Waals surface area contributed by atoms with Crippen LogP contribution in [0.3, 0.4) is 0 Å². The Morgan fingerprint density at radius 3 is 1.39 bits per heavy atom. The maximum atomic E-state index is 15.0. The van der Waals surface area contributed by atoms with Crippen molar-refractivity contribution in [2.24, 2.45) is 0 Å². The molecule has 4 heterocycles. The number of nitrogens with zero attached hydrogens (tertiary/aromatic N) is 4. The van der Waals surface area contributed by atoms with E-state index in [9.17, 15) is 29.7 Å². The lowest BCUT2D eigenvalue weighted by atomic mass is 9.76. The number of allylic oxidation sites excluding steroid dienone is 10. The van der Waals surface area contributed by atoms with Gasteiger partial charge in [-0.2, -0.15) is 9.15 Å². The first-order valence-corrected chi connectivity index (χ1v) is 35.7. The van der Waals surface area contributed by atoms with E-state index in [0.29, 0.717) is 0 Å². The van der Waals surface area contributed by atoms with E-state index in [-0.39, 0.29) is 50.9 Å². The van der Waals surface area contributed by atoms with Gasteiger partial charge in [-0.1, -0.05) is 213 Å². The third-order valence-corrected chi connectivity index (χ3v) is 21.7. The van der Waals surface area contributed by atoms with Gasteiger partial charge in [-0.3, -0.25) is 9.59 Å². The molecule has 92 heavy (non-hydrogen) atoms. The quantitative estimate of drug-likeness (QED) is 0.0291. The Balaban J connectivity index is 1.01. The van der Waals surface area contributed by atoms with Crippen molar-refractivity contribution in [2.75, 3.05) is 36.5 Å². The monoisotopic (exact) mass is 1240 g/mol. The molecule has 0 fully saturated rings. The molecule has 1 N–H and O–H groups in total. The Hall–Kier alpha value is -7.07. The number of unbranched alkanes of at least 4 members (excludes halogenated alkanes) is 21. The van der Waals surface area contributed by atoms with Gasteiger partial charge in [0.25, 0.3) is 0 Å². The Morgan fingerprint density at radius 2 is 0.924 bits per heavy atom. The van der Waals surface area contributed by atoms with Crippen LogP contribution in [0.4, 0.5) is 22.7 Å². The van der Waals surface area contributed by atoms with Crippen LogP contribution in [0.1, 0.15) is 263 Å². The molecule has 0 spiro atoms. The minimum Gasteiger partial charge on any atom is -0.871 e. The Labute approximate surface area is 551 Å². The van der Waals surface area contributed by atoms with Crippen molar-refractivity contribution in [3.63, 3.8) is 0 Å². The van der Waals surface area contributed by atoms with E-state index in [1.54, 1.807) is 24.3 Å². The molecule has 4 aliphatic heterocycles. The molecule has 10 rings (SSSR count). The predicted octanol–water partition coefficient (Wildman–Crippen LogP) is 18.0. The lowest BCUT2D eigenvalue weighted by molar-refractivity contribution is -0.438. The van der Waals surface area contributed by atoms with E-state index < -0.39 is 27.6 Å². The summed E-state index contributed by atoms with van der Waals surface area (Å²) in [4.78, 5) is 46.3. The summed E-state index contributed by atoms with van der Waals surface area (Å²) in [6.07, 6.45) is 36.0. The number of carboxylic acid groups (broad SMARTS) is 1. The summed E-state index contributed by atoms with van der Waals surface area (Å²) in [5.41, 5.74) is 10.8. The van der Waals surface area contributed by atoms with Crippen LogP contribution in [0.15, 0.2) is 136 Å². The molecule has 0 amide bonds. The van der Waals surface area contributed by atoms with Gasteiger partial charge in [-0.05, 0) is 111 Å². The van der Waals surface area contributed by atoms with Gasteiger partial charge in [0.1, 0.15) is 13.6 Å². The molecule has 10 nitrogen and oxygen atoms in total. The van der Waals surface area contributed by atoms with Crippen LogP contribution in [0, 0.1) is 0 Å². The van der Waals surface area contributed by atoms with Crippen molar-refractivity contribution in [3.8, 4) is 0 Å². The predicted molar refractivity (Wildman–Crippen MR) is 375 cm³/mol. The van der Waals surface area contributed by atoms with Gasteiger partial charge in [0, 0.05) is 111 Å². The molecule has 2 aliphatic carbocycles. The third kappa shape index (κ3) is 12.9. The van der Waals surface area contributed by atoms with Crippen LogP contribution in [0.5, 0.6) is 0 Å². The van der Waals surface area contributed by atoms with Gasteiger partial charge < -0.3 is 25.1 Å². The number of ketones is 2. The number of carbonyl (C=O) groups is 3. The molecule has 10 heteroatoms. The molecular weight excluding hydrogens is 1140 g/mol. The number of benzene rings is 4. The molecule has 4 aromatic rings. The number of fused-ring (bicyclic) bond motifs is 6. The fourth-order valence-electron chi connectivity index (χ4n) is 16.0. The molecule has 0 bridgehead atoms. The smallest absolute Gasteiger partial charge is 0.335 e. The zero-order valence-corrected chi connectivity index (χ0v) is 58.0. The highest BCUT2D eigenvalue weighted by molar-refractivity contribution is 6.25. The van der Waals surface area contributed by atoms with Gasteiger partial charge >= 0.3 is 5.97 Å². The maximum absolute atomic E-state index is 15.0. The second-order valence-electron chi connectivity index (χ2n) is 29.6. The van der Waals surface area contributed by atoms with E-state index in [2.05, 4.69) is 125 Å². The molecule has 6 aliphatic rings. The van der Waals surface area contributed by atoms with Crippen LogP contribution >= 0.6 is 0 Å². The van der Waals surface area contributed by atoms with Gasteiger partial charge in [0.15, 0.2) is 23.0 Å². The molecule has 0 saturated heterocycles. The Bertz CT molecular complexity index is 3790. The molecule has 490 valence electrons. The first kappa shape index (κ1) is 67.8. The number of hydrogen-bond acceptors (Lipinski definition) is 7. The third-order valence-electron chi connectivity index (χ3n) is 21.7. The molecule has 0 aromatic heterocycles. The molecule has 4 aromatic carbocycles. The lowest BCUT2D eigenvalue weighted by Gasteiger charge is -2.33. The van der Waals surface area contributed by atoms with Crippen LogP contribution in [-0.2, 0) is 31.2 Å². The topological polar surface area (TPSA) is 130 Å². The standard InChI is InChI=1S/C82H106N4O6/c1-13-16-19-22-25-28-31-36-45-84-66-44-41-55-39-34-35-40-57(55)73(66)82(10,11)72(84)52-61-76(89)60(77(61)90)51-71-81(8,9)64-54-67-63(53-68(64)86(71)47-38-33-30-27-24-21-18-15-3)80(6,7)70(85(67)46-37-32-29-26-23-20-17-14-2)50-59-74(87)58(75(59)88)49-69-79(4,5)62-48-56(78(91)92)42-43-65(62)83(69)12/h34-35,39-44,48-54H,13-33,36-38,45-47H2,1-12H3,(H-2,87,88,89,90,91,92). The van der Waals surface area contributed by atoms with Crippen LogP contribution in [-0.4, -0.2) is 69.9 Å². The van der Waals surface area contributed by atoms with Crippen molar-refractivity contribution in [3.05, 3.63) is 164 Å². The maximum Gasteiger partial charge on any atom is 0.335 e. The van der Waals surface area contributed by atoms with Gasteiger partial charge in [-0.25, -0.2) is 4.79 Å². The summed E-state index contributed by atoms with van der Waals surface area (Å²) in [6.45, 7) is 26.5. The van der Waals surface area contributed by atoms with Crippen molar-refractivity contribution >= 4 is 62.5 Å². The summed E-state index contributed by atoms with van der Waals surface area (Å²) in [6, 6.07) is 22.8. The van der Waals surface area contributed by atoms with Crippen LogP contribution in [0.25, 0.3) is 10.8 Å². The van der Waals surface area contributed by atoms with Crippen LogP contribution < -0.4 is 20.0 Å². The van der Waals surface area contributed by atoms with Crippen molar-refractivity contribution < 1.29 is 38.9 Å². The SMILES string of the molecule is CCCCCCCCCCN1C(=CC2=C([O-])C(=CC3=[N+](C)c4ccc(C(=O)O)cc4C3(C)C)C2=O)C(C)(C)c2cc3c(cc21)C(C)(C)C(=CC1=C([O-])C(=CC2=[N+](CCCCCCCCCC)c4ccc5ccccc5c4C2(C)C)C1=O)N3CCCCCCCCCC. The normalized spacial score (nSPS) is 20.0. The molecule has 0 atom stereocenters. The number of carboxylic acids is 1. The molecular formula is C82H106N4O6. The van der Waals surface area contributed by atoms with Gasteiger partial charge in [0.2, 0.25) is 11.4 Å². The number of hydrogen-bond donors (Lipinski definition) is 1. The first-order valence-electron chi connectivity index (χ1n) is 35.7. The Morgan fingerprint density at radius 1 is 0.489 bits per heavy atom. The van der Waals surface area contributed by atoms with E-state index in [0.717, 1.165) is 128 Å². The molecule has 0 saturated carbocycles. The molecule has 0 unspecified atom stereocenters. The number of Topliss-reactive ketones (excluding diaryl/α,β-unsaturated/α-hetero) is 2. The average molecular weight is 1240 g/mol. The first-order chi connectivity index (χ1) is 44.0. The van der Waals surface area contributed by atoms with E-state index in [1.807, 2.05) is 43.7 Å². The fraction of sp³-hybridized carbons (Fsp3) is 0.524. The highest BCUT2D eigenvalue weighted by Gasteiger charge is 2.50. The summed E-state index contributed by atoms with van der Waals surface area (Å²) < 4.78 is 4.38. The Kier molecular flexibility index (Phi) is 20.8. The number of aromatic carboxylic acids is 1. The second-order valence-corrected chi connectivity index (χ2v) is 29.6. The zero-order chi connectivity index (χ0) is 65.9. The van der Waals surface area contributed by atoms with Crippen molar-refractivity contribution in [1.82, 2.24) is 0 Å². The average Bonchev–Trinajstić information content (AvgIpc) is 1.53. The fourth-order valence-corrected chi connectivity index (χ4v) is 16.0. The summed E-state index contributed by atoms with van der Waals surface area (Å²) in [7, 11) is 1.90. The minimum absolute atomic E-state index is 0.137. The number of rotatable bonds is 32. The number of anilines is 2. The largest absolute Gasteiger partial charge is 0.871 e. The van der Waals surface area contributed by atoms with Crippen molar-refractivity contribution in [1.29, 1.82) is 0 Å². The summed E-state index contributed by atoms with van der Waals surface area (Å²) in [5.74, 6) is -1.97. The second kappa shape index (κ2) is 28.3. The minimum atomic E-state index is -1.01. The van der Waals surface area contributed by atoms with E-state index >= 15 is 0 Å².